The fourth-order valence-electron chi connectivity index (χ4n) is 1.80. The van der Waals surface area contributed by atoms with Crippen LogP contribution >= 0.6 is 27.5 Å². The van der Waals surface area contributed by atoms with Gasteiger partial charge in [0.2, 0.25) is 10.0 Å². The largest absolute Gasteiger partial charge is 0.242 e. The summed E-state index contributed by atoms with van der Waals surface area (Å²) >= 11 is 9.31. The van der Waals surface area contributed by atoms with Crippen molar-refractivity contribution in [2.75, 3.05) is 0 Å². The van der Waals surface area contributed by atoms with Crippen LogP contribution in [0.15, 0.2) is 57.9 Å². The van der Waals surface area contributed by atoms with Crippen LogP contribution < -0.4 is 4.72 Å². The van der Waals surface area contributed by atoms with Gasteiger partial charge in [-0.2, -0.15) is 0 Å². The van der Waals surface area contributed by atoms with Crippen LogP contribution in [-0.2, 0) is 10.0 Å². The molecule has 0 spiro atoms. The van der Waals surface area contributed by atoms with Crippen LogP contribution in [0.1, 0.15) is 18.5 Å². The molecular weight excluding hydrogens is 362 g/mol. The summed E-state index contributed by atoms with van der Waals surface area (Å²) < 4.78 is 28.2. The van der Waals surface area contributed by atoms with E-state index in [1.54, 1.807) is 25.1 Å². The first-order chi connectivity index (χ1) is 9.40. The fraction of sp³-hybridized carbons (Fsp3) is 0.143. The third kappa shape index (κ3) is 3.61. The fourth-order valence-corrected chi connectivity index (χ4v) is 3.97. The zero-order valence-corrected chi connectivity index (χ0v) is 13.8. The van der Waals surface area contributed by atoms with Crippen LogP contribution in [-0.4, -0.2) is 8.42 Å². The second-order valence-corrected chi connectivity index (χ2v) is 7.33. The Morgan fingerprint density at radius 3 is 2.50 bits per heavy atom. The molecule has 0 bridgehead atoms. The van der Waals surface area contributed by atoms with Gasteiger partial charge in [0.1, 0.15) is 4.90 Å². The molecule has 3 nitrogen and oxygen atoms in total. The lowest BCUT2D eigenvalue weighted by molar-refractivity contribution is 0.567. The van der Waals surface area contributed by atoms with Crippen molar-refractivity contribution in [2.45, 2.75) is 17.9 Å². The van der Waals surface area contributed by atoms with E-state index in [0.717, 1.165) is 10.0 Å². The van der Waals surface area contributed by atoms with Crippen LogP contribution in [0.3, 0.4) is 0 Å². The van der Waals surface area contributed by atoms with Crippen molar-refractivity contribution in [1.82, 2.24) is 4.72 Å². The Labute approximate surface area is 132 Å². The molecule has 0 saturated carbocycles. The number of hydrogen-bond acceptors (Lipinski definition) is 2. The first-order valence-corrected chi connectivity index (χ1v) is 8.58. The van der Waals surface area contributed by atoms with E-state index in [1.807, 2.05) is 24.3 Å². The van der Waals surface area contributed by atoms with Gasteiger partial charge in [0.05, 0.1) is 5.02 Å². The number of hydrogen-bond donors (Lipinski definition) is 1. The highest BCUT2D eigenvalue weighted by atomic mass is 79.9. The Hall–Kier alpha value is -0.880. The second kappa shape index (κ2) is 6.26. The SMILES string of the molecule is CC(NS(=O)(=O)c1ccccc1Cl)c1cccc(Br)c1. The summed E-state index contributed by atoms with van der Waals surface area (Å²) in [5, 5.41) is 0.210. The summed E-state index contributed by atoms with van der Waals surface area (Å²) in [6, 6.07) is 13.5. The Morgan fingerprint density at radius 2 is 1.85 bits per heavy atom. The summed E-state index contributed by atoms with van der Waals surface area (Å²) in [7, 11) is -3.65. The predicted molar refractivity (Wildman–Crippen MR) is 84.3 cm³/mol. The summed E-state index contributed by atoms with van der Waals surface area (Å²) in [6.45, 7) is 1.79. The summed E-state index contributed by atoms with van der Waals surface area (Å²) in [5.74, 6) is 0. The van der Waals surface area contributed by atoms with Crippen molar-refractivity contribution >= 4 is 37.6 Å². The zero-order chi connectivity index (χ0) is 14.8. The van der Waals surface area contributed by atoms with E-state index in [1.165, 1.54) is 6.07 Å². The van der Waals surface area contributed by atoms with Crippen molar-refractivity contribution in [3.05, 3.63) is 63.6 Å². The Balaban J connectivity index is 2.27. The molecule has 0 saturated heterocycles. The van der Waals surface area contributed by atoms with Gasteiger partial charge in [0.25, 0.3) is 0 Å². The average Bonchev–Trinajstić information content (AvgIpc) is 2.38. The molecule has 0 aliphatic heterocycles. The van der Waals surface area contributed by atoms with E-state index in [0.29, 0.717) is 0 Å². The highest BCUT2D eigenvalue weighted by Gasteiger charge is 2.20. The molecule has 0 heterocycles. The number of benzene rings is 2. The standard InChI is InChI=1S/C14H13BrClNO2S/c1-10(11-5-4-6-12(15)9-11)17-20(18,19)14-8-3-2-7-13(14)16/h2-10,17H,1H3. The van der Waals surface area contributed by atoms with Gasteiger partial charge in [-0.05, 0) is 36.8 Å². The quantitative estimate of drug-likeness (QED) is 0.874. The molecule has 1 atom stereocenters. The number of nitrogens with one attached hydrogen (secondary N) is 1. The van der Waals surface area contributed by atoms with Gasteiger partial charge in [-0.3, -0.25) is 0 Å². The van der Waals surface area contributed by atoms with Crippen molar-refractivity contribution in [3.63, 3.8) is 0 Å². The van der Waals surface area contributed by atoms with Crippen molar-refractivity contribution in [2.24, 2.45) is 0 Å². The van der Waals surface area contributed by atoms with Crippen molar-refractivity contribution in [1.29, 1.82) is 0 Å². The van der Waals surface area contributed by atoms with Gasteiger partial charge in [0.15, 0.2) is 0 Å². The summed E-state index contributed by atoms with van der Waals surface area (Å²) in [5.41, 5.74) is 0.870. The minimum atomic E-state index is -3.65. The average molecular weight is 375 g/mol. The molecule has 2 aromatic rings. The summed E-state index contributed by atoms with van der Waals surface area (Å²) in [4.78, 5) is 0.0866. The van der Waals surface area contributed by atoms with Crippen LogP contribution in [0.2, 0.25) is 5.02 Å². The predicted octanol–water partition coefficient (Wildman–Crippen LogP) is 4.14. The van der Waals surface area contributed by atoms with Crippen LogP contribution in [0.5, 0.6) is 0 Å². The van der Waals surface area contributed by atoms with Gasteiger partial charge in [-0.25, -0.2) is 13.1 Å². The molecule has 106 valence electrons. The van der Waals surface area contributed by atoms with E-state index in [2.05, 4.69) is 20.7 Å². The highest BCUT2D eigenvalue weighted by molar-refractivity contribution is 9.10. The number of sulfonamides is 1. The van der Waals surface area contributed by atoms with Crippen molar-refractivity contribution in [3.8, 4) is 0 Å². The lowest BCUT2D eigenvalue weighted by atomic mass is 10.1. The minimum absolute atomic E-state index is 0.0866. The zero-order valence-electron chi connectivity index (χ0n) is 10.7. The van der Waals surface area contributed by atoms with Gasteiger partial charge < -0.3 is 0 Å². The second-order valence-electron chi connectivity index (χ2n) is 4.33. The topological polar surface area (TPSA) is 46.2 Å². The number of halogens is 2. The molecule has 1 N–H and O–H groups in total. The number of rotatable bonds is 4. The van der Waals surface area contributed by atoms with Crippen LogP contribution in [0, 0.1) is 0 Å². The van der Waals surface area contributed by atoms with Crippen LogP contribution in [0.4, 0.5) is 0 Å². The minimum Gasteiger partial charge on any atom is -0.207 e. The molecule has 2 rings (SSSR count). The smallest absolute Gasteiger partial charge is 0.207 e. The van der Waals surface area contributed by atoms with E-state index < -0.39 is 10.0 Å². The third-order valence-electron chi connectivity index (χ3n) is 2.81. The molecule has 0 fully saturated rings. The van der Waals surface area contributed by atoms with E-state index in [9.17, 15) is 8.42 Å². The molecular formula is C14H13BrClNO2S. The maximum atomic E-state index is 12.3. The van der Waals surface area contributed by atoms with Gasteiger partial charge in [-0.15, -0.1) is 0 Å². The summed E-state index contributed by atoms with van der Waals surface area (Å²) in [6.07, 6.45) is 0. The first-order valence-electron chi connectivity index (χ1n) is 5.92. The molecule has 6 heteroatoms. The molecule has 2 aromatic carbocycles. The molecule has 1 unspecified atom stereocenters. The molecule has 0 aliphatic carbocycles. The maximum absolute atomic E-state index is 12.3. The van der Waals surface area contributed by atoms with Crippen LogP contribution in [0.25, 0.3) is 0 Å². The van der Waals surface area contributed by atoms with E-state index in [-0.39, 0.29) is 16.0 Å². The molecule has 0 aliphatic rings. The molecule has 20 heavy (non-hydrogen) atoms. The lowest BCUT2D eigenvalue weighted by Gasteiger charge is -2.15. The normalized spacial score (nSPS) is 13.2. The molecule has 0 amide bonds. The first kappa shape index (κ1) is 15.5. The maximum Gasteiger partial charge on any atom is 0.242 e. The molecule has 0 radical (unpaired) electrons. The Morgan fingerprint density at radius 1 is 1.15 bits per heavy atom. The Bertz CT molecular complexity index is 719. The highest BCUT2D eigenvalue weighted by Crippen LogP contribution is 2.24. The monoisotopic (exact) mass is 373 g/mol. The van der Waals surface area contributed by atoms with Gasteiger partial charge >= 0.3 is 0 Å². The van der Waals surface area contributed by atoms with E-state index in [4.69, 9.17) is 11.6 Å². The molecule has 0 aromatic heterocycles. The third-order valence-corrected chi connectivity index (χ3v) is 5.34. The van der Waals surface area contributed by atoms with E-state index >= 15 is 0 Å². The van der Waals surface area contributed by atoms with Gasteiger partial charge in [0, 0.05) is 10.5 Å². The Kier molecular flexibility index (Phi) is 4.86. The van der Waals surface area contributed by atoms with Gasteiger partial charge in [-0.1, -0.05) is 51.8 Å². The lowest BCUT2D eigenvalue weighted by Crippen LogP contribution is -2.27. The van der Waals surface area contributed by atoms with Crippen molar-refractivity contribution < 1.29 is 8.42 Å².